The van der Waals surface area contributed by atoms with Crippen molar-refractivity contribution in [3.8, 4) is 16.9 Å². The molecule has 0 bridgehead atoms. The van der Waals surface area contributed by atoms with Gasteiger partial charge in [0.05, 0.1) is 37.4 Å². The summed E-state index contributed by atoms with van der Waals surface area (Å²) in [6.45, 7) is 4.36. The molecule has 0 spiro atoms. The van der Waals surface area contributed by atoms with Crippen LogP contribution in [0.15, 0.2) is 91.4 Å². The Kier molecular flexibility index (Phi) is 5.77. The molecule has 1 aliphatic rings. The first kappa shape index (κ1) is 20.2. The number of benzene rings is 2. The van der Waals surface area contributed by atoms with Crippen molar-refractivity contribution >= 4 is 5.91 Å². The molecule has 0 saturated carbocycles. The molecule has 1 amide bonds. The maximum atomic E-state index is 13.5. The van der Waals surface area contributed by atoms with Crippen molar-refractivity contribution in [1.29, 1.82) is 0 Å². The Hall–Kier alpha value is -3.77. The van der Waals surface area contributed by atoms with E-state index in [2.05, 4.69) is 29.2 Å². The van der Waals surface area contributed by atoms with Crippen molar-refractivity contribution in [3.63, 3.8) is 0 Å². The number of carbonyl (C=O) groups excluding carboxylic acids is 1. The SMILES string of the molecule is O=C(c1cn(-c2ccccc2)nc1-c1cccnc1)N1CC[NH+](Cc2ccccc2)CC1. The third kappa shape index (κ3) is 4.31. The van der Waals surface area contributed by atoms with E-state index in [1.807, 2.05) is 59.6 Å². The van der Waals surface area contributed by atoms with Crippen molar-refractivity contribution in [2.24, 2.45) is 0 Å². The zero-order valence-corrected chi connectivity index (χ0v) is 17.9. The van der Waals surface area contributed by atoms with Crippen LogP contribution in [0.1, 0.15) is 15.9 Å². The Labute approximate surface area is 187 Å². The minimum atomic E-state index is 0.0322. The Morgan fingerprint density at radius 2 is 1.62 bits per heavy atom. The molecule has 2 aromatic heterocycles. The van der Waals surface area contributed by atoms with E-state index in [1.54, 1.807) is 17.1 Å². The van der Waals surface area contributed by atoms with E-state index in [0.29, 0.717) is 11.3 Å². The second-order valence-corrected chi connectivity index (χ2v) is 8.12. The van der Waals surface area contributed by atoms with Crippen molar-refractivity contribution < 1.29 is 9.69 Å². The maximum absolute atomic E-state index is 13.5. The molecule has 6 heteroatoms. The van der Waals surface area contributed by atoms with E-state index < -0.39 is 0 Å². The van der Waals surface area contributed by atoms with Crippen molar-refractivity contribution in [2.45, 2.75) is 6.54 Å². The van der Waals surface area contributed by atoms with Crippen LogP contribution in [0.2, 0.25) is 0 Å². The third-order valence-electron chi connectivity index (χ3n) is 5.96. The molecule has 0 aliphatic carbocycles. The molecule has 0 radical (unpaired) electrons. The monoisotopic (exact) mass is 424 g/mol. The summed E-state index contributed by atoms with van der Waals surface area (Å²) in [5.74, 6) is 0.0322. The van der Waals surface area contributed by atoms with E-state index in [0.717, 1.165) is 44.0 Å². The van der Waals surface area contributed by atoms with Gasteiger partial charge in [0, 0.05) is 29.7 Å². The molecular weight excluding hydrogens is 398 g/mol. The van der Waals surface area contributed by atoms with Crippen molar-refractivity contribution in [3.05, 3.63) is 103 Å². The number of nitrogens with one attached hydrogen (secondary N) is 1. The number of quaternary nitrogens is 1. The van der Waals surface area contributed by atoms with Gasteiger partial charge in [-0.05, 0) is 24.3 Å². The van der Waals surface area contributed by atoms with Crippen molar-refractivity contribution in [1.82, 2.24) is 19.7 Å². The van der Waals surface area contributed by atoms with Crippen LogP contribution in [0.25, 0.3) is 16.9 Å². The molecular formula is C26H26N5O+. The van der Waals surface area contributed by atoms with Gasteiger partial charge in [-0.15, -0.1) is 0 Å². The molecule has 6 nitrogen and oxygen atoms in total. The van der Waals surface area contributed by atoms with E-state index in [9.17, 15) is 4.79 Å². The standard InChI is InChI=1S/C26H25N5O/c32-26(30-16-14-29(15-17-30)19-21-8-3-1-4-9-21)24-20-31(23-11-5-2-6-12-23)28-25(24)22-10-7-13-27-18-22/h1-13,18,20H,14-17,19H2/p+1. The summed E-state index contributed by atoms with van der Waals surface area (Å²) in [5.41, 5.74) is 4.40. The molecule has 160 valence electrons. The fourth-order valence-corrected chi connectivity index (χ4v) is 4.22. The van der Waals surface area contributed by atoms with E-state index in [1.165, 1.54) is 10.5 Å². The number of piperazine rings is 1. The van der Waals surface area contributed by atoms with Gasteiger partial charge < -0.3 is 9.80 Å². The number of carbonyl (C=O) groups is 1. The van der Waals surface area contributed by atoms with Gasteiger partial charge in [0.25, 0.3) is 5.91 Å². The summed E-state index contributed by atoms with van der Waals surface area (Å²) in [5, 5.41) is 4.76. The van der Waals surface area contributed by atoms with Crippen molar-refractivity contribution in [2.75, 3.05) is 26.2 Å². The number of hydrogen-bond acceptors (Lipinski definition) is 3. The van der Waals surface area contributed by atoms with Gasteiger partial charge in [0.15, 0.2) is 0 Å². The lowest BCUT2D eigenvalue weighted by Crippen LogP contribution is -3.13. The molecule has 2 aromatic carbocycles. The van der Waals surface area contributed by atoms with Crippen LogP contribution in [0.3, 0.4) is 0 Å². The van der Waals surface area contributed by atoms with Crippen LogP contribution in [0.5, 0.6) is 0 Å². The first-order valence-corrected chi connectivity index (χ1v) is 11.0. The second-order valence-electron chi connectivity index (χ2n) is 8.12. The third-order valence-corrected chi connectivity index (χ3v) is 5.96. The summed E-state index contributed by atoms with van der Waals surface area (Å²) in [6.07, 6.45) is 5.34. The van der Waals surface area contributed by atoms with Gasteiger partial charge in [0.2, 0.25) is 0 Å². The highest BCUT2D eigenvalue weighted by Crippen LogP contribution is 2.24. The van der Waals surface area contributed by atoms with Gasteiger partial charge in [-0.3, -0.25) is 9.78 Å². The first-order chi connectivity index (χ1) is 15.8. The average Bonchev–Trinajstić information content (AvgIpc) is 3.31. The molecule has 5 rings (SSSR count). The topological polar surface area (TPSA) is 55.5 Å². The predicted molar refractivity (Wildman–Crippen MR) is 124 cm³/mol. The fourth-order valence-electron chi connectivity index (χ4n) is 4.22. The minimum absolute atomic E-state index is 0.0322. The molecule has 1 N–H and O–H groups in total. The average molecular weight is 425 g/mol. The summed E-state index contributed by atoms with van der Waals surface area (Å²) >= 11 is 0. The summed E-state index contributed by atoms with van der Waals surface area (Å²) in [6, 6.07) is 24.3. The highest BCUT2D eigenvalue weighted by Gasteiger charge is 2.28. The van der Waals surface area contributed by atoms with Gasteiger partial charge in [-0.2, -0.15) is 5.10 Å². The summed E-state index contributed by atoms with van der Waals surface area (Å²) < 4.78 is 1.78. The number of amides is 1. The number of rotatable bonds is 5. The largest absolute Gasteiger partial charge is 0.328 e. The maximum Gasteiger partial charge on any atom is 0.258 e. The fraction of sp³-hybridized carbons (Fsp3) is 0.192. The normalized spacial score (nSPS) is 14.4. The molecule has 4 aromatic rings. The Balaban J connectivity index is 1.37. The van der Waals surface area contributed by atoms with Gasteiger partial charge in [0.1, 0.15) is 12.2 Å². The number of para-hydroxylation sites is 1. The Morgan fingerprint density at radius 1 is 0.906 bits per heavy atom. The molecule has 32 heavy (non-hydrogen) atoms. The van der Waals surface area contributed by atoms with Crippen LogP contribution in [0, 0.1) is 0 Å². The van der Waals surface area contributed by atoms with E-state index in [4.69, 9.17) is 5.10 Å². The summed E-state index contributed by atoms with van der Waals surface area (Å²) in [7, 11) is 0. The number of aromatic nitrogens is 3. The molecule has 1 saturated heterocycles. The van der Waals surface area contributed by atoms with Gasteiger partial charge >= 0.3 is 0 Å². The van der Waals surface area contributed by atoms with Crippen LogP contribution in [-0.4, -0.2) is 51.8 Å². The van der Waals surface area contributed by atoms with Crippen LogP contribution < -0.4 is 4.90 Å². The zero-order valence-electron chi connectivity index (χ0n) is 17.9. The lowest BCUT2D eigenvalue weighted by Gasteiger charge is -2.32. The van der Waals surface area contributed by atoms with Crippen LogP contribution in [0.4, 0.5) is 0 Å². The molecule has 3 heterocycles. The van der Waals surface area contributed by atoms with Crippen LogP contribution in [-0.2, 0) is 6.54 Å². The minimum Gasteiger partial charge on any atom is -0.328 e. The van der Waals surface area contributed by atoms with E-state index in [-0.39, 0.29) is 5.91 Å². The summed E-state index contributed by atoms with van der Waals surface area (Å²) in [4.78, 5) is 21.2. The van der Waals surface area contributed by atoms with Crippen LogP contribution >= 0.6 is 0 Å². The lowest BCUT2D eigenvalue weighted by molar-refractivity contribution is -0.917. The Bertz CT molecular complexity index is 1170. The van der Waals surface area contributed by atoms with E-state index >= 15 is 0 Å². The predicted octanol–water partition coefficient (Wildman–Crippen LogP) is 2.48. The molecule has 0 atom stereocenters. The smallest absolute Gasteiger partial charge is 0.258 e. The molecule has 1 aliphatic heterocycles. The molecule has 0 unspecified atom stereocenters. The quantitative estimate of drug-likeness (QED) is 0.536. The second kappa shape index (κ2) is 9.16. The zero-order chi connectivity index (χ0) is 21.8. The highest BCUT2D eigenvalue weighted by molar-refractivity contribution is 6.00. The number of hydrogen-bond donors (Lipinski definition) is 1. The lowest BCUT2D eigenvalue weighted by atomic mass is 10.1. The van der Waals surface area contributed by atoms with Gasteiger partial charge in [-0.1, -0.05) is 48.5 Å². The number of pyridine rings is 1. The number of nitrogens with zero attached hydrogens (tertiary/aromatic N) is 4. The Morgan fingerprint density at radius 3 is 2.31 bits per heavy atom. The molecule has 1 fully saturated rings. The van der Waals surface area contributed by atoms with Gasteiger partial charge in [-0.25, -0.2) is 4.68 Å². The first-order valence-electron chi connectivity index (χ1n) is 11.0. The highest BCUT2D eigenvalue weighted by atomic mass is 16.2.